The first kappa shape index (κ1) is 11.2. The number of benzene rings is 1. The summed E-state index contributed by atoms with van der Waals surface area (Å²) in [5.41, 5.74) is 3.15. The van der Waals surface area contributed by atoms with E-state index in [0.29, 0.717) is 0 Å². The van der Waals surface area contributed by atoms with Gasteiger partial charge in [-0.15, -0.1) is 0 Å². The van der Waals surface area contributed by atoms with Gasteiger partial charge in [-0.25, -0.2) is 0 Å². The van der Waals surface area contributed by atoms with Crippen LogP contribution >= 0.6 is 0 Å². The third-order valence-corrected chi connectivity index (χ3v) is 4.36. The molecule has 17 heavy (non-hydrogen) atoms. The Bertz CT molecular complexity index is 382. The number of nitrogens with zero attached hydrogens (tertiary/aromatic N) is 1. The molecule has 0 aromatic heterocycles. The Kier molecular flexibility index (Phi) is 3.17. The van der Waals surface area contributed by atoms with Crippen LogP contribution in [0.3, 0.4) is 0 Å². The van der Waals surface area contributed by atoms with Gasteiger partial charge >= 0.3 is 0 Å². The van der Waals surface area contributed by atoms with Gasteiger partial charge in [0.2, 0.25) is 0 Å². The number of hydrogen-bond acceptors (Lipinski definition) is 2. The number of fused-ring (bicyclic) bond motifs is 1. The van der Waals surface area contributed by atoms with Crippen molar-refractivity contribution in [1.82, 2.24) is 10.2 Å². The fraction of sp³-hybridized carbons (Fsp3) is 0.600. The molecule has 2 nitrogen and oxygen atoms in total. The SMILES string of the molecule is CN(CC1Cc2ccccc21)C1CCCNC1. The smallest absolute Gasteiger partial charge is 0.0218 e. The fourth-order valence-corrected chi connectivity index (χ4v) is 3.23. The second-order valence-corrected chi connectivity index (χ2v) is 5.54. The van der Waals surface area contributed by atoms with E-state index in [0.717, 1.165) is 12.0 Å². The van der Waals surface area contributed by atoms with Crippen molar-refractivity contribution < 1.29 is 0 Å². The van der Waals surface area contributed by atoms with Gasteiger partial charge < -0.3 is 10.2 Å². The highest BCUT2D eigenvalue weighted by Gasteiger charge is 2.28. The highest BCUT2D eigenvalue weighted by molar-refractivity contribution is 5.40. The van der Waals surface area contributed by atoms with Crippen molar-refractivity contribution in [3.8, 4) is 0 Å². The lowest BCUT2D eigenvalue weighted by molar-refractivity contribution is 0.187. The van der Waals surface area contributed by atoms with E-state index >= 15 is 0 Å². The van der Waals surface area contributed by atoms with Crippen molar-refractivity contribution in [3.05, 3.63) is 35.4 Å². The molecule has 92 valence electrons. The molecule has 1 aliphatic carbocycles. The van der Waals surface area contributed by atoms with Crippen molar-refractivity contribution in [2.75, 3.05) is 26.7 Å². The normalized spacial score (nSPS) is 27.6. The molecule has 1 fully saturated rings. The Balaban J connectivity index is 1.58. The summed E-state index contributed by atoms with van der Waals surface area (Å²) in [5, 5.41) is 3.50. The Morgan fingerprint density at radius 2 is 2.24 bits per heavy atom. The number of piperidine rings is 1. The monoisotopic (exact) mass is 230 g/mol. The molecule has 1 heterocycles. The molecule has 1 aromatic rings. The van der Waals surface area contributed by atoms with E-state index < -0.39 is 0 Å². The van der Waals surface area contributed by atoms with E-state index in [2.05, 4.69) is 41.5 Å². The minimum absolute atomic E-state index is 0.747. The maximum absolute atomic E-state index is 3.50. The summed E-state index contributed by atoms with van der Waals surface area (Å²) in [6.45, 7) is 3.60. The molecule has 1 saturated heterocycles. The maximum atomic E-state index is 3.50. The van der Waals surface area contributed by atoms with Gasteiger partial charge in [0.05, 0.1) is 0 Å². The molecule has 0 spiro atoms. The van der Waals surface area contributed by atoms with E-state index in [1.54, 1.807) is 11.1 Å². The summed E-state index contributed by atoms with van der Waals surface area (Å²) in [4.78, 5) is 2.56. The summed E-state index contributed by atoms with van der Waals surface area (Å²) in [6, 6.07) is 9.65. The summed E-state index contributed by atoms with van der Waals surface area (Å²) >= 11 is 0. The van der Waals surface area contributed by atoms with Crippen LogP contribution in [0.25, 0.3) is 0 Å². The zero-order valence-electron chi connectivity index (χ0n) is 10.7. The Labute approximate surface area is 104 Å². The molecule has 0 amide bonds. The van der Waals surface area contributed by atoms with Crippen LogP contribution in [0.1, 0.15) is 29.9 Å². The summed E-state index contributed by atoms with van der Waals surface area (Å²) < 4.78 is 0. The molecule has 1 aliphatic heterocycles. The molecular weight excluding hydrogens is 208 g/mol. The van der Waals surface area contributed by atoms with Crippen molar-refractivity contribution in [2.45, 2.75) is 31.2 Å². The van der Waals surface area contributed by atoms with Crippen molar-refractivity contribution in [3.63, 3.8) is 0 Å². The predicted octanol–water partition coefficient (Wildman–Crippen LogP) is 2.01. The molecule has 0 radical (unpaired) electrons. The quantitative estimate of drug-likeness (QED) is 0.854. The van der Waals surface area contributed by atoms with Crippen molar-refractivity contribution in [2.24, 2.45) is 0 Å². The van der Waals surface area contributed by atoms with Crippen LogP contribution in [-0.2, 0) is 6.42 Å². The molecular formula is C15H22N2. The summed E-state index contributed by atoms with van der Waals surface area (Å²) in [5.74, 6) is 0.776. The highest BCUT2D eigenvalue weighted by atomic mass is 15.2. The third-order valence-electron chi connectivity index (χ3n) is 4.36. The van der Waals surface area contributed by atoms with Crippen LogP contribution in [0.5, 0.6) is 0 Å². The van der Waals surface area contributed by atoms with Crippen LogP contribution in [0.4, 0.5) is 0 Å². The van der Waals surface area contributed by atoms with Gasteiger partial charge in [-0.05, 0) is 44.0 Å². The lowest BCUT2D eigenvalue weighted by Gasteiger charge is -2.38. The summed E-state index contributed by atoms with van der Waals surface area (Å²) in [6.07, 6.45) is 3.97. The predicted molar refractivity (Wildman–Crippen MR) is 71.4 cm³/mol. The van der Waals surface area contributed by atoms with Gasteiger partial charge in [0.25, 0.3) is 0 Å². The first-order valence-corrected chi connectivity index (χ1v) is 6.83. The molecule has 2 atom stereocenters. The lowest BCUT2D eigenvalue weighted by atomic mass is 9.77. The van der Waals surface area contributed by atoms with Gasteiger partial charge in [0, 0.05) is 25.0 Å². The highest BCUT2D eigenvalue weighted by Crippen LogP contribution is 2.35. The summed E-state index contributed by atoms with van der Waals surface area (Å²) in [7, 11) is 2.29. The second-order valence-electron chi connectivity index (χ2n) is 5.54. The van der Waals surface area contributed by atoms with E-state index in [4.69, 9.17) is 0 Å². The van der Waals surface area contributed by atoms with Crippen LogP contribution < -0.4 is 5.32 Å². The van der Waals surface area contributed by atoms with Gasteiger partial charge in [0.15, 0.2) is 0 Å². The maximum Gasteiger partial charge on any atom is 0.0218 e. The van der Waals surface area contributed by atoms with Gasteiger partial charge in [-0.3, -0.25) is 0 Å². The van der Waals surface area contributed by atoms with Gasteiger partial charge in [-0.1, -0.05) is 24.3 Å². The number of hydrogen-bond donors (Lipinski definition) is 1. The van der Waals surface area contributed by atoms with Crippen LogP contribution in [-0.4, -0.2) is 37.6 Å². The van der Waals surface area contributed by atoms with Gasteiger partial charge in [-0.2, -0.15) is 0 Å². The minimum atomic E-state index is 0.747. The van der Waals surface area contributed by atoms with Gasteiger partial charge in [0.1, 0.15) is 0 Å². The zero-order valence-corrected chi connectivity index (χ0v) is 10.7. The Morgan fingerprint density at radius 3 is 3.00 bits per heavy atom. The first-order chi connectivity index (χ1) is 8.34. The molecule has 3 rings (SSSR count). The third kappa shape index (κ3) is 2.24. The lowest BCUT2D eigenvalue weighted by Crippen LogP contribution is -2.46. The Morgan fingerprint density at radius 1 is 1.35 bits per heavy atom. The number of likely N-dealkylation sites (N-methyl/N-ethyl adjacent to an activating group) is 1. The largest absolute Gasteiger partial charge is 0.315 e. The van der Waals surface area contributed by atoms with E-state index in [1.165, 1.54) is 38.9 Å². The Hall–Kier alpha value is -0.860. The average Bonchev–Trinajstić information content (AvgIpc) is 2.37. The molecule has 2 unspecified atom stereocenters. The van der Waals surface area contributed by atoms with E-state index in [-0.39, 0.29) is 0 Å². The topological polar surface area (TPSA) is 15.3 Å². The van der Waals surface area contributed by atoms with Crippen molar-refractivity contribution in [1.29, 1.82) is 0 Å². The fourth-order valence-electron chi connectivity index (χ4n) is 3.23. The number of rotatable bonds is 3. The van der Waals surface area contributed by atoms with Crippen LogP contribution in [0.15, 0.2) is 24.3 Å². The number of nitrogens with one attached hydrogen (secondary N) is 1. The molecule has 0 saturated carbocycles. The molecule has 1 aromatic carbocycles. The van der Waals surface area contributed by atoms with E-state index in [1.807, 2.05) is 0 Å². The molecule has 0 bridgehead atoms. The zero-order chi connectivity index (χ0) is 11.7. The molecule has 2 aliphatic rings. The van der Waals surface area contributed by atoms with Crippen LogP contribution in [0.2, 0.25) is 0 Å². The molecule has 2 heteroatoms. The average molecular weight is 230 g/mol. The minimum Gasteiger partial charge on any atom is -0.315 e. The first-order valence-electron chi connectivity index (χ1n) is 6.83. The second kappa shape index (κ2) is 4.79. The molecule has 1 N–H and O–H groups in total. The van der Waals surface area contributed by atoms with Crippen molar-refractivity contribution >= 4 is 0 Å². The standard InChI is InChI=1S/C15H22N2/c1-17(14-6-4-8-16-10-14)11-13-9-12-5-2-3-7-15(12)13/h2-3,5,7,13-14,16H,4,6,8-11H2,1H3. The van der Waals surface area contributed by atoms with E-state index in [9.17, 15) is 0 Å². The van der Waals surface area contributed by atoms with Crippen LogP contribution in [0, 0.1) is 0 Å².